The molecule has 1 saturated heterocycles. The smallest absolute Gasteiger partial charge is 0.122 e. The first-order valence-electron chi connectivity index (χ1n) is 8.59. The summed E-state index contributed by atoms with van der Waals surface area (Å²) in [6, 6.07) is 6.72. The number of benzene rings is 1. The maximum absolute atomic E-state index is 6.02. The molecule has 1 heterocycles. The second kappa shape index (κ2) is 7.47. The minimum absolute atomic E-state index is 0.181. The van der Waals surface area contributed by atoms with Gasteiger partial charge in [-0.2, -0.15) is 0 Å². The molecule has 3 heteroatoms. The lowest BCUT2D eigenvalue weighted by Gasteiger charge is -2.28. The van der Waals surface area contributed by atoms with Gasteiger partial charge in [0, 0.05) is 32.7 Å². The molecule has 0 radical (unpaired) electrons. The molecule has 1 aliphatic rings. The number of nitrogens with zero attached hydrogens (tertiary/aromatic N) is 1. The van der Waals surface area contributed by atoms with Gasteiger partial charge in [-0.15, -0.1) is 0 Å². The largest absolute Gasteiger partial charge is 0.491 e. The van der Waals surface area contributed by atoms with Gasteiger partial charge in [0.1, 0.15) is 5.75 Å². The number of ether oxygens (including phenoxy) is 1. The van der Waals surface area contributed by atoms with Crippen molar-refractivity contribution in [1.29, 1.82) is 0 Å². The van der Waals surface area contributed by atoms with E-state index in [0.29, 0.717) is 0 Å². The Morgan fingerprint density at radius 3 is 2.45 bits per heavy atom. The summed E-state index contributed by atoms with van der Waals surface area (Å²) in [5.41, 5.74) is 2.92. The van der Waals surface area contributed by atoms with Crippen LogP contribution in [0.3, 0.4) is 0 Å². The summed E-state index contributed by atoms with van der Waals surface area (Å²) in [6.45, 7) is 16.6. The van der Waals surface area contributed by atoms with Crippen LogP contribution in [0.4, 0.5) is 0 Å². The topological polar surface area (TPSA) is 24.5 Å². The monoisotopic (exact) mass is 304 g/mol. The Morgan fingerprint density at radius 1 is 1.18 bits per heavy atom. The summed E-state index contributed by atoms with van der Waals surface area (Å²) >= 11 is 0. The highest BCUT2D eigenvalue weighted by Gasteiger charge is 2.17. The van der Waals surface area contributed by atoms with Crippen LogP contribution < -0.4 is 10.1 Å². The van der Waals surface area contributed by atoms with Gasteiger partial charge in [-0.3, -0.25) is 0 Å². The second-order valence-electron chi connectivity index (χ2n) is 7.58. The summed E-state index contributed by atoms with van der Waals surface area (Å²) in [6.07, 6.45) is 1.28. The summed E-state index contributed by atoms with van der Waals surface area (Å²) in [7, 11) is 0. The van der Waals surface area contributed by atoms with E-state index in [-0.39, 0.29) is 11.5 Å². The van der Waals surface area contributed by atoms with E-state index in [4.69, 9.17) is 4.74 Å². The summed E-state index contributed by atoms with van der Waals surface area (Å²) in [4.78, 5) is 2.54. The summed E-state index contributed by atoms with van der Waals surface area (Å²) < 4.78 is 6.02. The van der Waals surface area contributed by atoms with Crippen LogP contribution in [0.5, 0.6) is 5.75 Å². The van der Waals surface area contributed by atoms with Gasteiger partial charge < -0.3 is 15.0 Å². The molecule has 2 rings (SSSR count). The SMILES string of the molecule is CC(C)Oc1ccc(C(C)(C)C)cc1CCN1CCNCC1. The molecule has 0 aromatic heterocycles. The lowest BCUT2D eigenvalue weighted by molar-refractivity contribution is 0.230. The predicted octanol–water partition coefficient (Wildman–Crippen LogP) is 3.22. The Morgan fingerprint density at radius 2 is 1.86 bits per heavy atom. The van der Waals surface area contributed by atoms with Crippen molar-refractivity contribution >= 4 is 0 Å². The molecule has 1 aromatic carbocycles. The molecular formula is C19H32N2O. The third-order valence-corrected chi connectivity index (χ3v) is 4.20. The summed E-state index contributed by atoms with van der Waals surface area (Å²) in [5, 5.41) is 3.41. The third kappa shape index (κ3) is 4.99. The lowest BCUT2D eigenvalue weighted by atomic mass is 9.85. The highest BCUT2D eigenvalue weighted by Crippen LogP contribution is 2.29. The Kier molecular flexibility index (Phi) is 5.87. The maximum atomic E-state index is 6.02. The van der Waals surface area contributed by atoms with Crippen LogP contribution in [0.2, 0.25) is 0 Å². The second-order valence-corrected chi connectivity index (χ2v) is 7.58. The lowest BCUT2D eigenvalue weighted by Crippen LogP contribution is -2.44. The molecule has 0 saturated carbocycles. The number of hydrogen-bond acceptors (Lipinski definition) is 3. The Hall–Kier alpha value is -1.06. The van der Waals surface area contributed by atoms with Gasteiger partial charge in [0.25, 0.3) is 0 Å². The molecule has 22 heavy (non-hydrogen) atoms. The van der Waals surface area contributed by atoms with Crippen molar-refractivity contribution in [1.82, 2.24) is 10.2 Å². The van der Waals surface area contributed by atoms with Crippen molar-refractivity contribution in [2.75, 3.05) is 32.7 Å². The van der Waals surface area contributed by atoms with E-state index < -0.39 is 0 Å². The minimum Gasteiger partial charge on any atom is -0.491 e. The van der Waals surface area contributed by atoms with Crippen molar-refractivity contribution in [2.45, 2.75) is 52.6 Å². The van der Waals surface area contributed by atoms with Crippen LogP contribution in [0, 0.1) is 0 Å². The Labute approximate surface area is 136 Å². The maximum Gasteiger partial charge on any atom is 0.122 e. The average molecular weight is 304 g/mol. The van der Waals surface area contributed by atoms with Crippen molar-refractivity contribution in [3.05, 3.63) is 29.3 Å². The van der Waals surface area contributed by atoms with Gasteiger partial charge in [-0.05, 0) is 42.9 Å². The molecule has 3 nitrogen and oxygen atoms in total. The summed E-state index contributed by atoms with van der Waals surface area (Å²) in [5.74, 6) is 1.05. The van der Waals surface area contributed by atoms with E-state index in [0.717, 1.165) is 44.9 Å². The first kappa shape index (κ1) is 17.3. The molecular weight excluding hydrogens is 272 g/mol. The first-order chi connectivity index (χ1) is 10.4. The van der Waals surface area contributed by atoms with Crippen molar-refractivity contribution < 1.29 is 4.74 Å². The molecule has 0 spiro atoms. The fourth-order valence-corrected chi connectivity index (χ4v) is 2.82. The van der Waals surface area contributed by atoms with Gasteiger partial charge in [0.05, 0.1) is 6.10 Å². The Balaban J connectivity index is 2.13. The molecule has 124 valence electrons. The van der Waals surface area contributed by atoms with E-state index in [1.54, 1.807) is 0 Å². The van der Waals surface area contributed by atoms with E-state index in [1.165, 1.54) is 11.1 Å². The molecule has 0 amide bonds. The zero-order chi connectivity index (χ0) is 16.2. The van der Waals surface area contributed by atoms with Crippen LogP contribution in [-0.4, -0.2) is 43.7 Å². The van der Waals surface area contributed by atoms with E-state index in [2.05, 4.69) is 63.0 Å². The number of piperazine rings is 1. The highest BCUT2D eigenvalue weighted by molar-refractivity contribution is 5.40. The number of rotatable bonds is 5. The predicted molar refractivity (Wildman–Crippen MR) is 93.9 cm³/mol. The molecule has 1 fully saturated rings. The van der Waals surface area contributed by atoms with Crippen molar-refractivity contribution in [3.63, 3.8) is 0 Å². The van der Waals surface area contributed by atoms with E-state index >= 15 is 0 Å². The van der Waals surface area contributed by atoms with Gasteiger partial charge >= 0.3 is 0 Å². The highest BCUT2D eigenvalue weighted by atomic mass is 16.5. The van der Waals surface area contributed by atoms with Gasteiger partial charge in [-0.25, -0.2) is 0 Å². The molecule has 0 atom stereocenters. The van der Waals surface area contributed by atoms with E-state index in [1.807, 2.05) is 0 Å². The normalized spacial score (nSPS) is 17.0. The first-order valence-corrected chi connectivity index (χ1v) is 8.59. The standard InChI is InChI=1S/C19H32N2O/c1-15(2)22-18-7-6-17(19(3,4)5)14-16(18)8-11-21-12-9-20-10-13-21/h6-7,14-15,20H,8-13H2,1-5H3. The quantitative estimate of drug-likeness (QED) is 0.904. The van der Waals surface area contributed by atoms with Crippen molar-refractivity contribution in [2.24, 2.45) is 0 Å². The van der Waals surface area contributed by atoms with Crippen LogP contribution in [0.25, 0.3) is 0 Å². The van der Waals surface area contributed by atoms with Crippen molar-refractivity contribution in [3.8, 4) is 5.75 Å². The fourth-order valence-electron chi connectivity index (χ4n) is 2.82. The molecule has 0 aliphatic carbocycles. The number of hydrogen-bond donors (Lipinski definition) is 1. The molecule has 1 N–H and O–H groups in total. The van der Waals surface area contributed by atoms with Crippen LogP contribution >= 0.6 is 0 Å². The van der Waals surface area contributed by atoms with E-state index in [9.17, 15) is 0 Å². The van der Waals surface area contributed by atoms with Crippen LogP contribution in [0.15, 0.2) is 18.2 Å². The molecule has 1 aliphatic heterocycles. The molecule has 0 unspecified atom stereocenters. The zero-order valence-corrected chi connectivity index (χ0v) is 14.9. The minimum atomic E-state index is 0.181. The van der Waals surface area contributed by atoms with Gasteiger partial charge in [-0.1, -0.05) is 32.9 Å². The molecule has 1 aromatic rings. The zero-order valence-electron chi connectivity index (χ0n) is 14.9. The van der Waals surface area contributed by atoms with Crippen LogP contribution in [-0.2, 0) is 11.8 Å². The fraction of sp³-hybridized carbons (Fsp3) is 0.684. The number of nitrogens with one attached hydrogen (secondary N) is 1. The Bertz CT molecular complexity index is 471. The molecule has 0 bridgehead atoms. The van der Waals surface area contributed by atoms with Gasteiger partial charge in [0.2, 0.25) is 0 Å². The third-order valence-electron chi connectivity index (χ3n) is 4.20. The average Bonchev–Trinajstić information content (AvgIpc) is 2.45. The van der Waals surface area contributed by atoms with Gasteiger partial charge in [0.15, 0.2) is 0 Å². The van der Waals surface area contributed by atoms with Crippen LogP contribution in [0.1, 0.15) is 45.7 Å².